The van der Waals surface area contributed by atoms with Crippen molar-refractivity contribution in [2.75, 3.05) is 18.4 Å². The number of halogens is 3. The van der Waals surface area contributed by atoms with Crippen molar-refractivity contribution in [2.45, 2.75) is 25.5 Å². The molecule has 156 valence electrons. The molecule has 0 saturated carbocycles. The first-order valence-electron chi connectivity index (χ1n) is 9.15. The summed E-state index contributed by atoms with van der Waals surface area (Å²) in [6.45, 7) is 2.26. The van der Waals surface area contributed by atoms with Crippen LogP contribution in [0.25, 0.3) is 0 Å². The van der Waals surface area contributed by atoms with E-state index in [1.165, 1.54) is 22.5 Å². The molecule has 0 atom stereocenters. The average molecular weight is 459 g/mol. The predicted molar refractivity (Wildman–Crippen MR) is 113 cm³/mol. The number of piperidine rings is 1. The highest BCUT2D eigenvalue weighted by molar-refractivity contribution is 7.88. The second kappa shape index (κ2) is 9.00. The van der Waals surface area contributed by atoms with Crippen molar-refractivity contribution < 1.29 is 17.6 Å². The molecule has 1 amide bonds. The topological polar surface area (TPSA) is 66.5 Å². The molecule has 1 saturated heterocycles. The second-order valence-corrected chi connectivity index (χ2v) is 9.89. The number of benzene rings is 2. The van der Waals surface area contributed by atoms with Gasteiger partial charge in [0.2, 0.25) is 15.9 Å². The third kappa shape index (κ3) is 5.28. The van der Waals surface area contributed by atoms with Gasteiger partial charge in [0.1, 0.15) is 5.82 Å². The lowest BCUT2D eigenvalue weighted by atomic mass is 9.97. The number of sulfonamides is 1. The maximum atomic E-state index is 14.0. The maximum Gasteiger partial charge on any atom is 0.227 e. The molecule has 0 spiro atoms. The molecule has 2 aromatic carbocycles. The van der Waals surface area contributed by atoms with Gasteiger partial charge in [-0.3, -0.25) is 4.79 Å². The van der Waals surface area contributed by atoms with Crippen LogP contribution in [0.5, 0.6) is 0 Å². The summed E-state index contributed by atoms with van der Waals surface area (Å²) in [7, 11) is -3.74. The maximum absolute atomic E-state index is 14.0. The van der Waals surface area contributed by atoms with E-state index in [0.29, 0.717) is 23.6 Å². The molecule has 0 unspecified atom stereocenters. The van der Waals surface area contributed by atoms with E-state index in [1.54, 1.807) is 12.1 Å². The van der Waals surface area contributed by atoms with Gasteiger partial charge in [0.15, 0.2) is 0 Å². The normalized spacial score (nSPS) is 16.0. The fourth-order valence-corrected chi connectivity index (χ4v) is 5.39. The molecule has 0 aromatic heterocycles. The molecule has 29 heavy (non-hydrogen) atoms. The van der Waals surface area contributed by atoms with Crippen LogP contribution in [0.15, 0.2) is 36.4 Å². The molecule has 3 rings (SSSR count). The van der Waals surface area contributed by atoms with Gasteiger partial charge < -0.3 is 5.32 Å². The zero-order chi connectivity index (χ0) is 21.2. The van der Waals surface area contributed by atoms with E-state index < -0.39 is 21.6 Å². The minimum Gasteiger partial charge on any atom is -0.326 e. The Morgan fingerprint density at radius 2 is 1.90 bits per heavy atom. The first-order valence-corrected chi connectivity index (χ1v) is 11.5. The second-order valence-electron chi connectivity index (χ2n) is 7.08. The van der Waals surface area contributed by atoms with Gasteiger partial charge >= 0.3 is 0 Å². The van der Waals surface area contributed by atoms with Crippen LogP contribution < -0.4 is 5.32 Å². The van der Waals surface area contributed by atoms with Crippen molar-refractivity contribution in [3.8, 4) is 0 Å². The summed E-state index contributed by atoms with van der Waals surface area (Å²) < 4.78 is 40.6. The Hall–Kier alpha value is -1.67. The molecule has 0 aliphatic carbocycles. The van der Waals surface area contributed by atoms with Gasteiger partial charge in [0.05, 0.1) is 5.75 Å². The van der Waals surface area contributed by atoms with Crippen LogP contribution in [0.4, 0.5) is 10.1 Å². The Kier molecular flexibility index (Phi) is 6.83. The highest BCUT2D eigenvalue weighted by atomic mass is 35.5. The molecule has 0 radical (unpaired) electrons. The molecule has 1 heterocycles. The Bertz CT molecular complexity index is 1000. The van der Waals surface area contributed by atoms with Crippen LogP contribution >= 0.6 is 23.2 Å². The Morgan fingerprint density at radius 1 is 1.21 bits per heavy atom. The average Bonchev–Trinajstić information content (AvgIpc) is 2.68. The molecule has 1 N–H and O–H groups in total. The van der Waals surface area contributed by atoms with Gasteiger partial charge in [-0.2, -0.15) is 0 Å². The van der Waals surface area contributed by atoms with E-state index in [0.717, 1.165) is 5.56 Å². The van der Waals surface area contributed by atoms with Crippen LogP contribution in [0.3, 0.4) is 0 Å². The monoisotopic (exact) mass is 458 g/mol. The molecule has 0 bridgehead atoms. The molecular weight excluding hydrogens is 438 g/mol. The highest BCUT2D eigenvalue weighted by Gasteiger charge is 2.32. The van der Waals surface area contributed by atoms with Crippen LogP contribution in [0, 0.1) is 18.7 Å². The van der Waals surface area contributed by atoms with Crippen molar-refractivity contribution in [2.24, 2.45) is 5.92 Å². The molecule has 1 fully saturated rings. The van der Waals surface area contributed by atoms with Crippen molar-refractivity contribution in [3.05, 3.63) is 63.4 Å². The Balaban J connectivity index is 1.62. The van der Waals surface area contributed by atoms with E-state index in [2.05, 4.69) is 5.32 Å². The quantitative estimate of drug-likeness (QED) is 0.710. The first-order chi connectivity index (χ1) is 13.7. The van der Waals surface area contributed by atoms with Crippen molar-refractivity contribution in [1.82, 2.24) is 4.31 Å². The number of rotatable bonds is 5. The van der Waals surface area contributed by atoms with Crippen molar-refractivity contribution in [1.29, 1.82) is 0 Å². The standard InChI is InChI=1S/C20H21Cl2FN2O3S/c1-13-5-6-15(21)11-19(13)24-20(26)14-7-9-25(10-8-14)29(27,28)12-16-17(22)3-2-4-18(16)23/h2-6,11,14H,7-10,12H2,1H3,(H,24,26). The van der Waals surface area contributed by atoms with Crippen LogP contribution in [-0.4, -0.2) is 31.7 Å². The number of carbonyl (C=O) groups is 1. The number of aryl methyl sites for hydroxylation is 1. The van der Waals surface area contributed by atoms with Gasteiger partial charge in [-0.25, -0.2) is 17.1 Å². The lowest BCUT2D eigenvalue weighted by molar-refractivity contribution is -0.120. The molecule has 1 aliphatic heterocycles. The predicted octanol–water partition coefficient (Wildman–Crippen LogP) is 4.62. The van der Waals surface area contributed by atoms with E-state index in [1.807, 2.05) is 13.0 Å². The number of hydrogen-bond acceptors (Lipinski definition) is 3. The zero-order valence-corrected chi connectivity index (χ0v) is 18.1. The Labute approximate surface area is 179 Å². The van der Waals surface area contributed by atoms with Gasteiger partial charge in [0.25, 0.3) is 0 Å². The smallest absolute Gasteiger partial charge is 0.227 e. The molecule has 9 heteroatoms. The highest BCUT2D eigenvalue weighted by Crippen LogP contribution is 2.27. The molecule has 1 aliphatic rings. The number of anilines is 1. The minimum atomic E-state index is -3.74. The number of nitrogens with zero attached hydrogens (tertiary/aromatic N) is 1. The lowest BCUT2D eigenvalue weighted by Gasteiger charge is -2.30. The summed E-state index contributed by atoms with van der Waals surface area (Å²) in [6.07, 6.45) is 0.769. The van der Waals surface area contributed by atoms with E-state index in [-0.39, 0.29) is 35.5 Å². The van der Waals surface area contributed by atoms with E-state index in [4.69, 9.17) is 23.2 Å². The summed E-state index contributed by atoms with van der Waals surface area (Å²) >= 11 is 11.9. The summed E-state index contributed by atoms with van der Waals surface area (Å²) in [6, 6.07) is 9.33. The number of hydrogen-bond donors (Lipinski definition) is 1. The first kappa shape index (κ1) is 22.0. The largest absolute Gasteiger partial charge is 0.326 e. The van der Waals surface area contributed by atoms with Gasteiger partial charge in [-0.1, -0.05) is 35.3 Å². The third-order valence-electron chi connectivity index (χ3n) is 5.06. The van der Waals surface area contributed by atoms with Gasteiger partial charge in [-0.05, 0) is 49.6 Å². The minimum absolute atomic E-state index is 0.0366. The van der Waals surface area contributed by atoms with Gasteiger partial charge in [-0.15, -0.1) is 0 Å². The fraction of sp³-hybridized carbons (Fsp3) is 0.350. The SMILES string of the molecule is Cc1ccc(Cl)cc1NC(=O)C1CCN(S(=O)(=O)Cc2c(F)cccc2Cl)CC1. The summed E-state index contributed by atoms with van der Waals surface area (Å²) in [5.74, 6) is -1.62. The molecule has 5 nitrogen and oxygen atoms in total. The van der Waals surface area contributed by atoms with Crippen LogP contribution in [-0.2, 0) is 20.6 Å². The van der Waals surface area contributed by atoms with Crippen molar-refractivity contribution >= 4 is 44.8 Å². The molecular formula is C20H21Cl2FN2O3S. The zero-order valence-electron chi connectivity index (χ0n) is 15.8. The third-order valence-corrected chi connectivity index (χ3v) is 7.46. The van der Waals surface area contributed by atoms with Crippen LogP contribution in [0.1, 0.15) is 24.0 Å². The summed E-state index contributed by atoms with van der Waals surface area (Å²) in [5, 5.41) is 3.48. The van der Waals surface area contributed by atoms with Crippen LogP contribution in [0.2, 0.25) is 10.0 Å². The lowest BCUT2D eigenvalue weighted by Crippen LogP contribution is -2.42. The van der Waals surface area contributed by atoms with Crippen molar-refractivity contribution in [3.63, 3.8) is 0 Å². The number of carbonyl (C=O) groups excluding carboxylic acids is 1. The number of nitrogens with one attached hydrogen (secondary N) is 1. The Morgan fingerprint density at radius 3 is 2.55 bits per heavy atom. The fourth-order valence-electron chi connectivity index (χ4n) is 3.30. The van der Waals surface area contributed by atoms with Gasteiger partial charge in [0, 0.05) is 40.3 Å². The summed E-state index contributed by atoms with van der Waals surface area (Å²) in [4.78, 5) is 12.6. The van der Waals surface area contributed by atoms with E-state index in [9.17, 15) is 17.6 Å². The molecule has 2 aromatic rings. The summed E-state index contributed by atoms with van der Waals surface area (Å²) in [5.41, 5.74) is 1.50. The van der Waals surface area contributed by atoms with E-state index >= 15 is 0 Å². The number of amides is 1.